The topological polar surface area (TPSA) is 35.6 Å². The van der Waals surface area contributed by atoms with Crippen molar-refractivity contribution in [1.82, 2.24) is 9.80 Å². The van der Waals surface area contributed by atoms with E-state index in [0.717, 1.165) is 24.6 Å². The summed E-state index contributed by atoms with van der Waals surface area (Å²) in [5.74, 6) is -1.37. The number of allylic oxidation sites excluding steroid dienone is 3. The second-order valence-corrected chi connectivity index (χ2v) is 7.41. The van der Waals surface area contributed by atoms with Crippen molar-refractivity contribution in [2.24, 2.45) is 0 Å². The highest BCUT2D eigenvalue weighted by molar-refractivity contribution is 5.89. The maximum atomic E-state index is 13.5. The first-order chi connectivity index (χ1) is 14.6. The number of hydrogen-bond acceptors (Lipinski definition) is 2. The number of urea groups is 1. The van der Waals surface area contributed by atoms with E-state index in [4.69, 9.17) is 0 Å². The van der Waals surface area contributed by atoms with Crippen molar-refractivity contribution in [2.75, 3.05) is 25.0 Å². The summed E-state index contributed by atoms with van der Waals surface area (Å²) in [5, 5.41) is 2.48. The highest BCUT2D eigenvalue weighted by atomic mass is 19.4. The molecule has 1 aromatic rings. The van der Waals surface area contributed by atoms with Crippen molar-refractivity contribution >= 4 is 11.7 Å². The van der Waals surface area contributed by atoms with Gasteiger partial charge in [0.1, 0.15) is 5.82 Å². The van der Waals surface area contributed by atoms with Crippen LogP contribution in [0.2, 0.25) is 0 Å². The van der Waals surface area contributed by atoms with Gasteiger partial charge in [-0.2, -0.15) is 13.2 Å². The zero-order valence-corrected chi connectivity index (χ0v) is 18.0. The molecule has 1 fully saturated rings. The van der Waals surface area contributed by atoms with Gasteiger partial charge >= 0.3 is 12.2 Å². The first kappa shape index (κ1) is 24.7. The fraction of sp³-hybridized carbons (Fsp3) is 0.435. The van der Waals surface area contributed by atoms with Gasteiger partial charge in [-0.15, -0.1) is 0 Å². The van der Waals surface area contributed by atoms with E-state index in [1.807, 2.05) is 32.1 Å². The summed E-state index contributed by atoms with van der Waals surface area (Å²) in [6.45, 7) is 11.4. The summed E-state index contributed by atoms with van der Waals surface area (Å²) in [6.07, 6.45) is 3.55. The molecule has 2 atom stereocenters. The van der Waals surface area contributed by atoms with E-state index in [2.05, 4.69) is 23.7 Å². The van der Waals surface area contributed by atoms with Crippen molar-refractivity contribution in [3.05, 3.63) is 66.0 Å². The molecule has 2 rings (SSSR count). The summed E-state index contributed by atoms with van der Waals surface area (Å²) < 4.78 is 52.3. The molecule has 1 heterocycles. The number of likely N-dealkylation sites (tertiary alicyclic amines) is 1. The summed E-state index contributed by atoms with van der Waals surface area (Å²) in [5.41, 5.74) is -0.356. The Balaban J connectivity index is 2.09. The fourth-order valence-electron chi connectivity index (χ4n) is 3.82. The van der Waals surface area contributed by atoms with Gasteiger partial charge in [0, 0.05) is 37.4 Å². The fourth-order valence-corrected chi connectivity index (χ4v) is 3.82. The molecule has 2 amide bonds. The van der Waals surface area contributed by atoms with Crippen LogP contribution in [-0.2, 0) is 6.18 Å². The van der Waals surface area contributed by atoms with Gasteiger partial charge < -0.3 is 10.2 Å². The predicted octanol–water partition coefficient (Wildman–Crippen LogP) is 5.85. The van der Waals surface area contributed by atoms with Crippen LogP contribution in [0.5, 0.6) is 0 Å². The van der Waals surface area contributed by atoms with Gasteiger partial charge in [0.15, 0.2) is 0 Å². The van der Waals surface area contributed by atoms with Crippen molar-refractivity contribution in [3.8, 4) is 0 Å². The lowest BCUT2D eigenvalue weighted by Gasteiger charge is -2.30. The maximum absolute atomic E-state index is 13.5. The van der Waals surface area contributed by atoms with Crippen LogP contribution >= 0.6 is 0 Å². The molecule has 0 aromatic heterocycles. The van der Waals surface area contributed by atoms with Crippen LogP contribution in [0.4, 0.5) is 28.0 Å². The molecule has 31 heavy (non-hydrogen) atoms. The van der Waals surface area contributed by atoms with Gasteiger partial charge in [-0.05, 0) is 51.0 Å². The Labute approximate surface area is 180 Å². The van der Waals surface area contributed by atoms with Crippen molar-refractivity contribution < 1.29 is 22.4 Å². The number of anilines is 1. The van der Waals surface area contributed by atoms with E-state index < -0.39 is 23.6 Å². The molecular weight excluding hydrogens is 410 g/mol. The third-order valence-corrected chi connectivity index (χ3v) is 5.55. The molecule has 1 aliphatic rings. The summed E-state index contributed by atoms with van der Waals surface area (Å²) >= 11 is 0. The number of alkyl halides is 3. The maximum Gasteiger partial charge on any atom is 0.419 e. The lowest BCUT2D eigenvalue weighted by molar-refractivity contribution is -0.139. The van der Waals surface area contributed by atoms with Gasteiger partial charge in [-0.25, -0.2) is 9.18 Å². The van der Waals surface area contributed by atoms with E-state index in [1.54, 1.807) is 11.0 Å². The van der Waals surface area contributed by atoms with Crippen molar-refractivity contribution in [3.63, 3.8) is 0 Å². The smallest absolute Gasteiger partial charge is 0.320 e. The Morgan fingerprint density at radius 3 is 2.71 bits per heavy atom. The van der Waals surface area contributed by atoms with Gasteiger partial charge in [-0.3, -0.25) is 4.90 Å². The molecule has 8 heteroatoms. The molecule has 1 N–H and O–H groups in total. The van der Waals surface area contributed by atoms with E-state index in [0.29, 0.717) is 25.2 Å². The largest absolute Gasteiger partial charge is 0.419 e. The number of carbonyl (C=O) groups excluding carboxylic acids is 1. The standard InChI is InChI=1S/C23H29F4N3O/c1-5-8-9-17(6-2)16(4)29-13-12-19(15-29)30(7-3)22(31)28-18-10-11-21(24)20(14-18)23(25,26)27/h5-6,8-11,14,16,19H,1,7,12-13,15H2,2-4H3,(H,28,31)/b9-8-,17-6+. The lowest BCUT2D eigenvalue weighted by Crippen LogP contribution is -2.45. The minimum absolute atomic E-state index is 0.0727. The second kappa shape index (κ2) is 10.6. The average Bonchev–Trinajstić information content (AvgIpc) is 3.19. The summed E-state index contributed by atoms with van der Waals surface area (Å²) in [7, 11) is 0. The predicted molar refractivity (Wildman–Crippen MR) is 115 cm³/mol. The summed E-state index contributed by atoms with van der Waals surface area (Å²) in [4.78, 5) is 16.6. The molecule has 0 radical (unpaired) electrons. The molecule has 0 aliphatic carbocycles. The molecule has 4 nitrogen and oxygen atoms in total. The number of benzene rings is 1. The number of hydrogen-bond donors (Lipinski definition) is 1. The van der Waals surface area contributed by atoms with E-state index in [-0.39, 0.29) is 17.8 Å². The third-order valence-electron chi connectivity index (χ3n) is 5.55. The number of carbonyl (C=O) groups is 1. The number of nitrogens with one attached hydrogen (secondary N) is 1. The van der Waals surface area contributed by atoms with Crippen LogP contribution < -0.4 is 5.32 Å². The lowest BCUT2D eigenvalue weighted by atomic mass is 10.1. The zero-order valence-electron chi connectivity index (χ0n) is 18.0. The highest BCUT2D eigenvalue weighted by Crippen LogP contribution is 2.33. The molecule has 2 unspecified atom stereocenters. The Kier molecular flexibility index (Phi) is 8.44. The summed E-state index contributed by atoms with van der Waals surface area (Å²) in [6, 6.07) is 2.04. The Bertz CT molecular complexity index is 848. The molecule has 170 valence electrons. The Hall–Kier alpha value is -2.61. The zero-order chi connectivity index (χ0) is 23.2. The molecule has 1 aliphatic heterocycles. The van der Waals surface area contributed by atoms with Gasteiger partial charge in [-0.1, -0.05) is 30.9 Å². The normalized spacial score (nSPS) is 18.9. The third kappa shape index (κ3) is 6.19. The highest BCUT2D eigenvalue weighted by Gasteiger charge is 2.35. The van der Waals surface area contributed by atoms with Crippen LogP contribution in [-0.4, -0.2) is 47.5 Å². The monoisotopic (exact) mass is 439 g/mol. The number of likely N-dealkylation sites (N-methyl/N-ethyl adjacent to an activating group) is 1. The molecular formula is C23H29F4N3O. The number of rotatable bonds is 7. The molecule has 0 spiro atoms. The molecule has 0 bridgehead atoms. The average molecular weight is 439 g/mol. The minimum atomic E-state index is -4.83. The Morgan fingerprint density at radius 2 is 2.13 bits per heavy atom. The van der Waals surface area contributed by atoms with E-state index in [9.17, 15) is 22.4 Å². The van der Waals surface area contributed by atoms with E-state index in [1.165, 1.54) is 0 Å². The van der Waals surface area contributed by atoms with Crippen LogP contribution in [0, 0.1) is 5.82 Å². The molecule has 1 saturated heterocycles. The van der Waals surface area contributed by atoms with Gasteiger partial charge in [0.2, 0.25) is 0 Å². The van der Waals surface area contributed by atoms with Crippen LogP contribution in [0.3, 0.4) is 0 Å². The van der Waals surface area contributed by atoms with Gasteiger partial charge in [0.05, 0.1) is 5.56 Å². The van der Waals surface area contributed by atoms with Gasteiger partial charge in [0.25, 0.3) is 0 Å². The second-order valence-electron chi connectivity index (χ2n) is 7.41. The first-order valence-electron chi connectivity index (χ1n) is 10.3. The molecule has 0 saturated carbocycles. The minimum Gasteiger partial charge on any atom is -0.320 e. The van der Waals surface area contributed by atoms with Crippen LogP contribution in [0.25, 0.3) is 0 Å². The SMILES string of the molecule is C=C/C=C\C(=C/C)C(C)N1CCC(N(CC)C(=O)Nc2ccc(F)c(C(F)(F)F)c2)C1. The van der Waals surface area contributed by atoms with Crippen molar-refractivity contribution in [1.29, 1.82) is 0 Å². The number of halogens is 4. The van der Waals surface area contributed by atoms with Crippen LogP contribution in [0.1, 0.15) is 32.8 Å². The van der Waals surface area contributed by atoms with Crippen molar-refractivity contribution in [2.45, 2.75) is 45.5 Å². The number of nitrogens with zero attached hydrogens (tertiary/aromatic N) is 2. The number of amides is 2. The Morgan fingerprint density at radius 1 is 1.42 bits per heavy atom. The van der Waals surface area contributed by atoms with Crippen LogP contribution in [0.15, 0.2) is 54.7 Å². The quantitative estimate of drug-likeness (QED) is 0.427. The van der Waals surface area contributed by atoms with E-state index >= 15 is 0 Å². The first-order valence-corrected chi connectivity index (χ1v) is 10.3. The molecule has 1 aromatic carbocycles.